The van der Waals surface area contributed by atoms with E-state index in [4.69, 9.17) is 5.11 Å². The fourth-order valence-electron chi connectivity index (χ4n) is 2.47. The molecule has 0 aromatic rings. The number of hydrogen-bond donors (Lipinski definition) is 2. The fraction of sp³-hybridized carbons (Fsp3) is 0.952. The van der Waals surface area contributed by atoms with Crippen LogP contribution in [0.5, 0.6) is 0 Å². The summed E-state index contributed by atoms with van der Waals surface area (Å²) in [6, 6.07) is 0. The molecule has 0 saturated heterocycles. The molecule has 0 fully saturated rings. The predicted molar refractivity (Wildman–Crippen MR) is 110 cm³/mol. The maximum absolute atomic E-state index is 10.2. The molecule has 0 aromatic heterocycles. The summed E-state index contributed by atoms with van der Waals surface area (Å²) in [5.41, 5.74) is 0. The topological polar surface area (TPSA) is 52.6 Å². The molecule has 0 aliphatic heterocycles. The number of carboxylic acid groups (broad SMARTS) is 1. The lowest BCUT2D eigenvalue weighted by Crippen LogP contribution is -2.31. The molecule has 0 rings (SSSR count). The molecular formula is C21H46N2O2. The van der Waals surface area contributed by atoms with Crippen LogP contribution in [0.1, 0.15) is 104 Å². The van der Waals surface area contributed by atoms with Crippen LogP contribution in [0.2, 0.25) is 0 Å². The first kappa shape index (κ1) is 26.6. The molecule has 152 valence electrons. The van der Waals surface area contributed by atoms with Crippen molar-refractivity contribution in [3.63, 3.8) is 0 Å². The minimum atomic E-state index is -0.659. The Hall–Kier alpha value is -0.610. The van der Waals surface area contributed by atoms with Crippen LogP contribution in [0.15, 0.2) is 0 Å². The Balaban J connectivity index is 0. The average Bonchev–Trinajstić information content (AvgIpc) is 2.60. The highest BCUT2D eigenvalue weighted by Crippen LogP contribution is 2.10. The Bertz CT molecular complexity index is 260. The second-order valence-electron chi connectivity index (χ2n) is 7.01. The van der Waals surface area contributed by atoms with Crippen molar-refractivity contribution in [3.05, 3.63) is 0 Å². The number of hydrogen-bond acceptors (Lipinski definition) is 3. The summed E-state index contributed by atoms with van der Waals surface area (Å²) in [5, 5.41) is 11.8. The molecule has 0 bridgehead atoms. The highest BCUT2D eigenvalue weighted by atomic mass is 16.4. The van der Waals surface area contributed by atoms with Crippen molar-refractivity contribution in [1.82, 2.24) is 10.2 Å². The van der Waals surface area contributed by atoms with E-state index in [0.29, 0.717) is 6.42 Å². The number of rotatable bonds is 17. The third-order valence-corrected chi connectivity index (χ3v) is 4.37. The van der Waals surface area contributed by atoms with E-state index in [2.05, 4.69) is 38.0 Å². The Morgan fingerprint density at radius 3 is 1.76 bits per heavy atom. The zero-order valence-electron chi connectivity index (χ0n) is 17.6. The van der Waals surface area contributed by atoms with Gasteiger partial charge in [0.15, 0.2) is 0 Å². The van der Waals surface area contributed by atoms with Gasteiger partial charge >= 0.3 is 5.97 Å². The lowest BCUT2D eigenvalue weighted by molar-refractivity contribution is -0.137. The average molecular weight is 359 g/mol. The van der Waals surface area contributed by atoms with Crippen molar-refractivity contribution in [2.24, 2.45) is 0 Å². The summed E-state index contributed by atoms with van der Waals surface area (Å²) in [5.74, 6) is -0.659. The lowest BCUT2D eigenvalue weighted by Gasteiger charge is -2.14. The van der Waals surface area contributed by atoms with Gasteiger partial charge in [-0.1, -0.05) is 85.0 Å². The number of carbonyl (C=O) groups is 1. The first-order chi connectivity index (χ1) is 12.1. The number of nitrogens with zero attached hydrogens (tertiary/aromatic N) is 1. The van der Waals surface area contributed by atoms with Crippen LogP contribution >= 0.6 is 0 Å². The largest absolute Gasteiger partial charge is 0.481 e. The number of aliphatic carboxylic acids is 1. The molecule has 2 N–H and O–H groups in total. The predicted octanol–water partition coefficient (Wildman–Crippen LogP) is 5.67. The Kier molecular flexibility index (Phi) is 24.9. The van der Waals surface area contributed by atoms with Gasteiger partial charge in [-0.3, -0.25) is 9.69 Å². The summed E-state index contributed by atoms with van der Waals surface area (Å²) in [4.78, 5) is 12.5. The SMILES string of the molecule is CCCCCCCCCCCC(=O)O.CCCCCNCN(C)CC. The van der Waals surface area contributed by atoms with E-state index in [1.54, 1.807) is 0 Å². The van der Waals surface area contributed by atoms with Gasteiger partial charge in [0.1, 0.15) is 0 Å². The second kappa shape index (κ2) is 23.4. The van der Waals surface area contributed by atoms with E-state index in [1.165, 1.54) is 64.2 Å². The molecule has 0 atom stereocenters. The summed E-state index contributed by atoms with van der Waals surface area (Å²) in [7, 11) is 2.13. The molecule has 0 radical (unpaired) electrons. The fourth-order valence-corrected chi connectivity index (χ4v) is 2.47. The van der Waals surface area contributed by atoms with Crippen LogP contribution < -0.4 is 5.32 Å². The van der Waals surface area contributed by atoms with Crippen LogP contribution in [0.4, 0.5) is 0 Å². The minimum absolute atomic E-state index is 0.343. The van der Waals surface area contributed by atoms with E-state index in [9.17, 15) is 4.79 Å². The van der Waals surface area contributed by atoms with Gasteiger partial charge in [-0.15, -0.1) is 0 Å². The second-order valence-corrected chi connectivity index (χ2v) is 7.01. The zero-order chi connectivity index (χ0) is 19.2. The third-order valence-electron chi connectivity index (χ3n) is 4.37. The molecule has 25 heavy (non-hydrogen) atoms. The standard InChI is InChI=1S/C12H24O2.C9H22N2/c1-2-3-4-5-6-7-8-9-10-11-12(13)14;1-4-6-7-8-10-9-11(3)5-2/h2-11H2,1H3,(H,13,14);10H,4-9H2,1-3H3. The van der Waals surface area contributed by atoms with Crippen molar-refractivity contribution in [2.75, 3.05) is 26.8 Å². The summed E-state index contributed by atoms with van der Waals surface area (Å²) in [6.45, 7) is 9.96. The quantitative estimate of drug-likeness (QED) is 0.260. The normalized spacial score (nSPS) is 10.6. The number of nitrogens with one attached hydrogen (secondary N) is 1. The van der Waals surface area contributed by atoms with Crippen molar-refractivity contribution in [3.8, 4) is 0 Å². The molecule has 4 heteroatoms. The third kappa shape index (κ3) is 28.5. The van der Waals surface area contributed by atoms with Crippen molar-refractivity contribution in [2.45, 2.75) is 104 Å². The maximum atomic E-state index is 10.2. The Morgan fingerprint density at radius 2 is 1.28 bits per heavy atom. The number of unbranched alkanes of at least 4 members (excludes halogenated alkanes) is 10. The first-order valence-electron chi connectivity index (χ1n) is 10.7. The van der Waals surface area contributed by atoms with Crippen LogP contribution in [-0.4, -0.2) is 42.8 Å². The van der Waals surface area contributed by atoms with E-state index >= 15 is 0 Å². The molecule has 0 aliphatic rings. The van der Waals surface area contributed by atoms with Crippen molar-refractivity contribution >= 4 is 5.97 Å². The van der Waals surface area contributed by atoms with E-state index in [-0.39, 0.29) is 0 Å². The molecule has 0 aliphatic carbocycles. The van der Waals surface area contributed by atoms with E-state index in [0.717, 1.165) is 32.6 Å². The molecule has 0 saturated carbocycles. The van der Waals surface area contributed by atoms with Crippen LogP contribution in [-0.2, 0) is 4.79 Å². The molecule has 0 heterocycles. The van der Waals surface area contributed by atoms with Crippen molar-refractivity contribution < 1.29 is 9.90 Å². The summed E-state index contributed by atoms with van der Waals surface area (Å²) in [6.07, 6.45) is 15.5. The highest BCUT2D eigenvalue weighted by molar-refractivity contribution is 5.66. The lowest BCUT2D eigenvalue weighted by atomic mass is 10.1. The van der Waals surface area contributed by atoms with E-state index in [1.807, 2.05) is 0 Å². The van der Waals surface area contributed by atoms with Gasteiger partial charge < -0.3 is 10.4 Å². The van der Waals surface area contributed by atoms with Crippen LogP contribution in [0.25, 0.3) is 0 Å². The zero-order valence-corrected chi connectivity index (χ0v) is 17.6. The molecule has 0 aromatic carbocycles. The van der Waals surface area contributed by atoms with Crippen molar-refractivity contribution in [1.29, 1.82) is 0 Å². The van der Waals surface area contributed by atoms with Gasteiger partial charge in [0, 0.05) is 13.1 Å². The van der Waals surface area contributed by atoms with Crippen LogP contribution in [0.3, 0.4) is 0 Å². The summed E-state index contributed by atoms with van der Waals surface area (Å²) < 4.78 is 0. The van der Waals surface area contributed by atoms with Gasteiger partial charge in [0.25, 0.3) is 0 Å². The monoisotopic (exact) mass is 358 g/mol. The van der Waals surface area contributed by atoms with Gasteiger partial charge in [-0.25, -0.2) is 0 Å². The number of carboxylic acids is 1. The minimum Gasteiger partial charge on any atom is -0.481 e. The molecule has 0 amide bonds. The first-order valence-corrected chi connectivity index (χ1v) is 10.7. The summed E-state index contributed by atoms with van der Waals surface area (Å²) >= 11 is 0. The highest BCUT2D eigenvalue weighted by Gasteiger charge is 1.96. The Morgan fingerprint density at radius 1 is 0.800 bits per heavy atom. The maximum Gasteiger partial charge on any atom is 0.303 e. The molecule has 0 spiro atoms. The Labute approximate surface area is 157 Å². The van der Waals surface area contributed by atoms with Crippen LogP contribution in [0, 0.1) is 0 Å². The van der Waals surface area contributed by atoms with Gasteiger partial charge in [0.2, 0.25) is 0 Å². The smallest absolute Gasteiger partial charge is 0.303 e. The van der Waals surface area contributed by atoms with Gasteiger partial charge in [-0.05, 0) is 33.0 Å². The van der Waals surface area contributed by atoms with Gasteiger partial charge in [-0.2, -0.15) is 0 Å². The van der Waals surface area contributed by atoms with E-state index < -0.39 is 5.97 Å². The molecular weight excluding hydrogens is 312 g/mol. The molecule has 0 unspecified atom stereocenters. The van der Waals surface area contributed by atoms with Gasteiger partial charge in [0.05, 0.1) is 0 Å². The molecule has 4 nitrogen and oxygen atoms in total.